The van der Waals surface area contributed by atoms with E-state index in [0.29, 0.717) is 22.8 Å². The number of oxazole rings is 1. The van der Waals surface area contributed by atoms with Crippen LogP contribution in [0.3, 0.4) is 0 Å². The van der Waals surface area contributed by atoms with Crippen LogP contribution in [0.15, 0.2) is 74.4 Å². The third-order valence-corrected chi connectivity index (χ3v) is 4.64. The lowest BCUT2D eigenvalue weighted by Gasteiger charge is -2.20. The van der Waals surface area contributed by atoms with Gasteiger partial charge < -0.3 is 13.7 Å². The van der Waals surface area contributed by atoms with Crippen molar-refractivity contribution < 1.29 is 8.83 Å². The van der Waals surface area contributed by atoms with Gasteiger partial charge in [-0.25, -0.2) is 9.78 Å². The molecule has 136 valence electrons. The van der Waals surface area contributed by atoms with Crippen LogP contribution in [-0.4, -0.2) is 18.1 Å². The number of rotatable bonds is 5. The first-order valence-corrected chi connectivity index (χ1v) is 9.04. The standard InChI is InChI=1S/C22H20N2O3/c1-3-24(4-2)17-11-10-16-12-18(22(25)27-19(16)13-17)20-14-23-21(26-20)15-8-6-5-7-9-15/h5-14H,3-4H2,1-2H3. The van der Waals surface area contributed by atoms with E-state index in [9.17, 15) is 4.79 Å². The molecule has 0 radical (unpaired) electrons. The smallest absolute Gasteiger partial charge is 0.347 e. The normalized spacial score (nSPS) is 11.0. The van der Waals surface area contributed by atoms with Crippen LogP contribution in [0.1, 0.15) is 13.8 Å². The molecule has 0 aliphatic heterocycles. The lowest BCUT2D eigenvalue weighted by atomic mass is 10.1. The number of anilines is 1. The van der Waals surface area contributed by atoms with Crippen LogP contribution in [-0.2, 0) is 0 Å². The molecule has 5 heteroatoms. The SMILES string of the molecule is CCN(CC)c1ccc2cc(-c3cnc(-c4ccccc4)o3)c(=O)oc2c1. The van der Waals surface area contributed by atoms with Crippen molar-refractivity contribution in [3.05, 3.63) is 71.2 Å². The summed E-state index contributed by atoms with van der Waals surface area (Å²) in [4.78, 5) is 19.0. The van der Waals surface area contributed by atoms with Crippen LogP contribution in [0.2, 0.25) is 0 Å². The van der Waals surface area contributed by atoms with Crippen LogP contribution in [0.5, 0.6) is 0 Å². The van der Waals surface area contributed by atoms with E-state index in [1.54, 1.807) is 12.3 Å². The first-order chi connectivity index (χ1) is 13.2. The Bertz CT molecular complexity index is 1130. The summed E-state index contributed by atoms with van der Waals surface area (Å²) in [5.74, 6) is 0.874. The molecule has 0 fully saturated rings. The highest BCUT2D eigenvalue weighted by Gasteiger charge is 2.14. The second kappa shape index (κ2) is 7.11. The van der Waals surface area contributed by atoms with Gasteiger partial charge in [-0.05, 0) is 44.2 Å². The molecule has 0 spiro atoms. The Balaban J connectivity index is 1.75. The second-order valence-electron chi connectivity index (χ2n) is 6.24. The molecule has 0 atom stereocenters. The maximum atomic E-state index is 12.5. The van der Waals surface area contributed by atoms with Crippen molar-refractivity contribution in [2.24, 2.45) is 0 Å². The summed E-state index contributed by atoms with van der Waals surface area (Å²) < 4.78 is 11.4. The van der Waals surface area contributed by atoms with Gasteiger partial charge in [0, 0.05) is 35.8 Å². The Morgan fingerprint density at radius 2 is 1.74 bits per heavy atom. The van der Waals surface area contributed by atoms with E-state index in [1.807, 2.05) is 48.5 Å². The van der Waals surface area contributed by atoms with E-state index in [4.69, 9.17) is 8.83 Å². The topological polar surface area (TPSA) is 59.5 Å². The predicted molar refractivity (Wildman–Crippen MR) is 107 cm³/mol. The summed E-state index contributed by atoms with van der Waals surface area (Å²) in [5.41, 5.74) is 2.39. The highest BCUT2D eigenvalue weighted by molar-refractivity contribution is 5.84. The number of hydrogen-bond acceptors (Lipinski definition) is 5. The van der Waals surface area contributed by atoms with E-state index in [2.05, 4.69) is 23.7 Å². The van der Waals surface area contributed by atoms with Gasteiger partial charge in [0.15, 0.2) is 5.76 Å². The summed E-state index contributed by atoms with van der Waals surface area (Å²) in [5, 5.41) is 0.846. The summed E-state index contributed by atoms with van der Waals surface area (Å²) in [6.45, 7) is 5.98. The molecule has 5 nitrogen and oxygen atoms in total. The zero-order valence-electron chi connectivity index (χ0n) is 15.3. The fourth-order valence-electron chi connectivity index (χ4n) is 3.17. The van der Waals surface area contributed by atoms with E-state index >= 15 is 0 Å². The van der Waals surface area contributed by atoms with Gasteiger partial charge in [0.05, 0.1) is 6.20 Å². The first kappa shape index (κ1) is 17.1. The van der Waals surface area contributed by atoms with Gasteiger partial charge in [0.1, 0.15) is 11.1 Å². The molecule has 0 bridgehead atoms. The summed E-state index contributed by atoms with van der Waals surface area (Å²) in [6, 6.07) is 17.3. The molecule has 0 N–H and O–H groups in total. The van der Waals surface area contributed by atoms with Crippen molar-refractivity contribution in [3.63, 3.8) is 0 Å². The average molecular weight is 360 g/mol. The quantitative estimate of drug-likeness (QED) is 0.471. The van der Waals surface area contributed by atoms with Crippen LogP contribution < -0.4 is 10.5 Å². The first-order valence-electron chi connectivity index (χ1n) is 9.04. The van der Waals surface area contributed by atoms with E-state index < -0.39 is 5.63 Å². The Labute approximate surface area is 156 Å². The molecule has 0 unspecified atom stereocenters. The Kier molecular flexibility index (Phi) is 4.50. The Morgan fingerprint density at radius 1 is 0.963 bits per heavy atom. The van der Waals surface area contributed by atoms with Crippen LogP contribution in [0.4, 0.5) is 5.69 Å². The fourth-order valence-corrected chi connectivity index (χ4v) is 3.17. The highest BCUT2D eigenvalue weighted by atomic mass is 16.4. The average Bonchev–Trinajstić information content (AvgIpc) is 3.19. The number of fused-ring (bicyclic) bond motifs is 1. The van der Waals surface area contributed by atoms with E-state index in [1.165, 1.54) is 0 Å². The van der Waals surface area contributed by atoms with Crippen LogP contribution in [0.25, 0.3) is 33.7 Å². The summed E-state index contributed by atoms with van der Waals surface area (Å²) in [7, 11) is 0. The Morgan fingerprint density at radius 3 is 2.48 bits per heavy atom. The van der Waals surface area contributed by atoms with Crippen molar-refractivity contribution >= 4 is 16.7 Å². The molecule has 2 heterocycles. The monoisotopic (exact) mass is 360 g/mol. The lowest BCUT2D eigenvalue weighted by Crippen LogP contribution is -2.21. The van der Waals surface area contributed by atoms with Crippen LogP contribution in [0, 0.1) is 0 Å². The molecular formula is C22H20N2O3. The second-order valence-corrected chi connectivity index (χ2v) is 6.24. The summed E-state index contributed by atoms with van der Waals surface area (Å²) >= 11 is 0. The van der Waals surface area contributed by atoms with Gasteiger partial charge in [-0.2, -0.15) is 0 Å². The highest BCUT2D eigenvalue weighted by Crippen LogP contribution is 2.27. The fraction of sp³-hybridized carbons (Fsp3) is 0.182. The van der Waals surface area contributed by atoms with Gasteiger partial charge in [0.25, 0.3) is 0 Å². The van der Waals surface area contributed by atoms with Crippen molar-refractivity contribution in [2.45, 2.75) is 13.8 Å². The van der Waals surface area contributed by atoms with E-state index in [-0.39, 0.29) is 0 Å². The number of benzene rings is 2. The molecule has 0 saturated carbocycles. The maximum absolute atomic E-state index is 12.5. The largest absolute Gasteiger partial charge is 0.436 e. The third kappa shape index (κ3) is 3.24. The van der Waals surface area contributed by atoms with Gasteiger partial charge in [-0.1, -0.05) is 18.2 Å². The minimum Gasteiger partial charge on any atom is -0.436 e. The predicted octanol–water partition coefficient (Wildman–Crippen LogP) is 4.96. The zero-order chi connectivity index (χ0) is 18.8. The van der Waals surface area contributed by atoms with Crippen molar-refractivity contribution in [2.75, 3.05) is 18.0 Å². The van der Waals surface area contributed by atoms with Crippen molar-refractivity contribution in [1.29, 1.82) is 0 Å². The van der Waals surface area contributed by atoms with Gasteiger partial charge in [0.2, 0.25) is 5.89 Å². The summed E-state index contributed by atoms with van der Waals surface area (Å²) in [6.07, 6.45) is 1.56. The van der Waals surface area contributed by atoms with Crippen LogP contribution >= 0.6 is 0 Å². The van der Waals surface area contributed by atoms with E-state index in [0.717, 1.165) is 29.7 Å². The molecule has 2 aromatic heterocycles. The third-order valence-electron chi connectivity index (χ3n) is 4.64. The van der Waals surface area contributed by atoms with Crippen molar-refractivity contribution in [1.82, 2.24) is 4.98 Å². The minimum absolute atomic E-state index is 0.368. The molecular weight excluding hydrogens is 340 g/mol. The Hall–Kier alpha value is -3.34. The number of hydrogen-bond donors (Lipinski definition) is 0. The van der Waals surface area contributed by atoms with Gasteiger partial charge >= 0.3 is 5.63 Å². The molecule has 0 aliphatic rings. The molecule has 0 amide bonds. The molecule has 4 aromatic rings. The molecule has 4 rings (SSSR count). The van der Waals surface area contributed by atoms with Gasteiger partial charge in [-0.15, -0.1) is 0 Å². The molecule has 27 heavy (non-hydrogen) atoms. The zero-order valence-corrected chi connectivity index (χ0v) is 15.3. The molecule has 2 aromatic carbocycles. The molecule has 0 saturated heterocycles. The lowest BCUT2D eigenvalue weighted by molar-refractivity contribution is 0.549. The van der Waals surface area contributed by atoms with Gasteiger partial charge in [-0.3, -0.25) is 0 Å². The van der Waals surface area contributed by atoms with Crippen molar-refractivity contribution in [3.8, 4) is 22.8 Å². The molecule has 0 aliphatic carbocycles. The maximum Gasteiger partial charge on any atom is 0.347 e. The number of nitrogens with zero attached hydrogens (tertiary/aromatic N) is 2. The number of aromatic nitrogens is 1. The minimum atomic E-state index is -0.435.